The van der Waals surface area contributed by atoms with Crippen LogP contribution in [0.25, 0.3) is 0 Å². The van der Waals surface area contributed by atoms with E-state index >= 15 is 0 Å². The van der Waals surface area contributed by atoms with Crippen molar-refractivity contribution in [1.29, 1.82) is 0 Å². The van der Waals surface area contributed by atoms with Crippen molar-refractivity contribution < 1.29 is 24.2 Å². The van der Waals surface area contributed by atoms with Crippen LogP contribution in [0, 0.1) is 13.8 Å². The molecule has 0 aromatic heterocycles. The van der Waals surface area contributed by atoms with E-state index in [4.69, 9.17) is 4.74 Å². The van der Waals surface area contributed by atoms with Crippen molar-refractivity contribution >= 4 is 23.6 Å². The molecule has 0 bridgehead atoms. The highest BCUT2D eigenvalue weighted by atomic mass is 16.6. The van der Waals surface area contributed by atoms with Crippen molar-refractivity contribution in [2.75, 3.05) is 25.0 Å². The molecule has 0 saturated carbocycles. The van der Waals surface area contributed by atoms with Gasteiger partial charge in [0.1, 0.15) is 18.2 Å². The molecule has 3 amide bonds. The number of amides is 3. The fourth-order valence-electron chi connectivity index (χ4n) is 3.68. The molecule has 2 aromatic rings. The lowest BCUT2D eigenvalue weighted by Gasteiger charge is -2.31. The van der Waals surface area contributed by atoms with Gasteiger partial charge in [0.25, 0.3) is 5.91 Å². The highest BCUT2D eigenvalue weighted by molar-refractivity contribution is 5.99. The summed E-state index contributed by atoms with van der Waals surface area (Å²) in [5.74, 6) is -0.933. The summed E-state index contributed by atoms with van der Waals surface area (Å²) in [4.78, 5) is 40.2. The molecule has 0 heterocycles. The summed E-state index contributed by atoms with van der Waals surface area (Å²) >= 11 is 0. The maximum atomic E-state index is 13.6. The Morgan fingerprint density at radius 1 is 1.03 bits per heavy atom. The number of alkyl carbamates (subject to hydrolysis) is 1. The summed E-state index contributed by atoms with van der Waals surface area (Å²) in [5, 5.41) is 15.1. The summed E-state index contributed by atoms with van der Waals surface area (Å²) in [5.41, 5.74) is 3.44. The molecular weight excluding hydrogens is 446 g/mol. The summed E-state index contributed by atoms with van der Waals surface area (Å²) in [7, 11) is 0. The topological polar surface area (TPSA) is 108 Å². The second-order valence-electron chi connectivity index (χ2n) is 9.42. The average molecular weight is 484 g/mol. The fourth-order valence-corrected chi connectivity index (χ4v) is 3.68. The molecule has 0 fully saturated rings. The normalized spacial score (nSPS) is 12.0. The molecule has 1 unspecified atom stereocenters. The number of para-hydroxylation sites is 1. The Hall–Kier alpha value is -3.39. The Labute approximate surface area is 207 Å². The number of carbonyl (C=O) groups excluding carboxylic acids is 3. The highest BCUT2D eigenvalue weighted by Gasteiger charge is 2.32. The number of nitrogens with zero attached hydrogens (tertiary/aromatic N) is 1. The van der Waals surface area contributed by atoms with Gasteiger partial charge in [-0.25, -0.2) is 4.79 Å². The number of ether oxygens (including phenoxy) is 1. The predicted octanol–water partition coefficient (Wildman–Crippen LogP) is 3.89. The Morgan fingerprint density at radius 2 is 1.63 bits per heavy atom. The molecule has 0 radical (unpaired) electrons. The van der Waals surface area contributed by atoms with Gasteiger partial charge in [0.05, 0.1) is 6.61 Å². The van der Waals surface area contributed by atoms with Crippen LogP contribution in [0.2, 0.25) is 0 Å². The SMILES string of the molecule is CCc1ccc(C(C(=O)Nc2c(C)cccc2C)N(CCO)C(=O)CNC(=O)OC(C)(C)C)cc1. The molecule has 0 saturated heterocycles. The molecule has 2 aromatic carbocycles. The Morgan fingerprint density at radius 3 is 2.14 bits per heavy atom. The van der Waals surface area contributed by atoms with E-state index in [2.05, 4.69) is 10.6 Å². The van der Waals surface area contributed by atoms with E-state index in [0.717, 1.165) is 23.1 Å². The molecule has 0 aliphatic carbocycles. The van der Waals surface area contributed by atoms with Crippen molar-refractivity contribution in [1.82, 2.24) is 10.2 Å². The van der Waals surface area contributed by atoms with E-state index in [1.165, 1.54) is 4.90 Å². The van der Waals surface area contributed by atoms with Crippen molar-refractivity contribution in [2.45, 2.75) is 59.6 Å². The second kappa shape index (κ2) is 12.4. The zero-order valence-electron chi connectivity index (χ0n) is 21.5. The molecule has 190 valence electrons. The van der Waals surface area contributed by atoms with E-state index in [0.29, 0.717) is 11.3 Å². The van der Waals surface area contributed by atoms with Gasteiger partial charge in [-0.2, -0.15) is 0 Å². The summed E-state index contributed by atoms with van der Waals surface area (Å²) in [6.07, 6.45) is 0.0946. The maximum Gasteiger partial charge on any atom is 0.408 e. The maximum absolute atomic E-state index is 13.6. The van der Waals surface area contributed by atoms with Crippen LogP contribution in [-0.2, 0) is 20.7 Å². The minimum absolute atomic E-state index is 0.0881. The quantitative estimate of drug-likeness (QED) is 0.502. The predicted molar refractivity (Wildman–Crippen MR) is 136 cm³/mol. The number of anilines is 1. The van der Waals surface area contributed by atoms with E-state index in [1.807, 2.05) is 63.2 Å². The molecule has 0 spiro atoms. The van der Waals surface area contributed by atoms with Gasteiger partial charge in [-0.3, -0.25) is 9.59 Å². The van der Waals surface area contributed by atoms with Gasteiger partial charge in [-0.05, 0) is 63.3 Å². The Kier molecular flexibility index (Phi) is 9.83. The van der Waals surface area contributed by atoms with Crippen molar-refractivity contribution in [3.63, 3.8) is 0 Å². The zero-order chi connectivity index (χ0) is 26.2. The van der Waals surface area contributed by atoms with Crippen LogP contribution in [0.15, 0.2) is 42.5 Å². The summed E-state index contributed by atoms with van der Waals surface area (Å²) in [6.45, 7) is 10.2. The number of hydrogen-bond acceptors (Lipinski definition) is 5. The summed E-state index contributed by atoms with van der Waals surface area (Å²) in [6, 6.07) is 12.1. The third-order valence-electron chi connectivity index (χ3n) is 5.44. The first kappa shape index (κ1) is 27.9. The van der Waals surface area contributed by atoms with Gasteiger partial charge in [0.2, 0.25) is 5.91 Å². The largest absolute Gasteiger partial charge is 0.444 e. The van der Waals surface area contributed by atoms with Gasteiger partial charge in [-0.15, -0.1) is 0 Å². The van der Waals surface area contributed by atoms with Crippen molar-refractivity contribution in [3.05, 3.63) is 64.7 Å². The molecular formula is C27H37N3O5. The number of hydrogen-bond donors (Lipinski definition) is 3. The van der Waals surface area contributed by atoms with Gasteiger partial charge in [0.15, 0.2) is 0 Å². The van der Waals surface area contributed by atoms with Gasteiger partial charge >= 0.3 is 6.09 Å². The third kappa shape index (κ3) is 8.10. The van der Waals surface area contributed by atoms with Crippen molar-refractivity contribution in [2.24, 2.45) is 0 Å². The van der Waals surface area contributed by atoms with Gasteiger partial charge in [0, 0.05) is 12.2 Å². The van der Waals surface area contributed by atoms with Crippen LogP contribution in [-0.4, -0.2) is 53.2 Å². The molecule has 2 rings (SSSR count). The molecule has 0 aliphatic heterocycles. The molecule has 0 aliphatic rings. The number of benzene rings is 2. The number of aliphatic hydroxyl groups excluding tert-OH is 1. The number of rotatable bonds is 9. The first-order valence-corrected chi connectivity index (χ1v) is 11.8. The lowest BCUT2D eigenvalue weighted by molar-refractivity contribution is -0.138. The monoisotopic (exact) mass is 483 g/mol. The Balaban J connectivity index is 2.38. The number of nitrogens with one attached hydrogen (secondary N) is 2. The zero-order valence-corrected chi connectivity index (χ0v) is 21.5. The van der Waals surface area contributed by atoms with Gasteiger partial charge in [-0.1, -0.05) is 49.4 Å². The minimum atomic E-state index is -1.01. The second-order valence-corrected chi connectivity index (χ2v) is 9.42. The third-order valence-corrected chi connectivity index (χ3v) is 5.44. The van der Waals surface area contributed by atoms with Gasteiger partial charge < -0.3 is 25.4 Å². The lowest BCUT2D eigenvalue weighted by atomic mass is 10.0. The highest BCUT2D eigenvalue weighted by Crippen LogP contribution is 2.26. The van der Waals surface area contributed by atoms with Crippen LogP contribution >= 0.6 is 0 Å². The van der Waals surface area contributed by atoms with Crippen LogP contribution in [0.5, 0.6) is 0 Å². The van der Waals surface area contributed by atoms with E-state index in [9.17, 15) is 19.5 Å². The smallest absolute Gasteiger partial charge is 0.408 e. The van der Waals surface area contributed by atoms with Crippen LogP contribution < -0.4 is 10.6 Å². The van der Waals surface area contributed by atoms with E-state index in [-0.39, 0.29) is 19.7 Å². The van der Waals surface area contributed by atoms with Crippen molar-refractivity contribution in [3.8, 4) is 0 Å². The molecule has 3 N–H and O–H groups in total. The number of carbonyl (C=O) groups is 3. The summed E-state index contributed by atoms with van der Waals surface area (Å²) < 4.78 is 5.20. The molecule has 8 heteroatoms. The van der Waals surface area contributed by atoms with Crippen LogP contribution in [0.1, 0.15) is 56.0 Å². The fraction of sp³-hybridized carbons (Fsp3) is 0.444. The lowest BCUT2D eigenvalue weighted by Crippen LogP contribution is -2.47. The molecule has 1 atom stereocenters. The first-order valence-electron chi connectivity index (χ1n) is 11.8. The first-order chi connectivity index (χ1) is 16.5. The van der Waals surface area contributed by atoms with E-state index in [1.54, 1.807) is 20.8 Å². The van der Waals surface area contributed by atoms with Crippen LogP contribution in [0.4, 0.5) is 10.5 Å². The number of aryl methyl sites for hydroxylation is 3. The minimum Gasteiger partial charge on any atom is -0.444 e. The van der Waals surface area contributed by atoms with Crippen LogP contribution in [0.3, 0.4) is 0 Å². The standard InChI is InChI=1S/C27H37N3O5/c1-7-20-11-13-21(14-12-20)24(25(33)29-23-18(2)9-8-10-19(23)3)30(15-16-31)22(32)17-28-26(34)35-27(4,5)6/h8-14,24,31H,7,15-17H2,1-6H3,(H,28,34)(H,29,33). The number of aliphatic hydroxyl groups is 1. The van der Waals surface area contributed by atoms with E-state index < -0.39 is 29.6 Å². The molecule has 35 heavy (non-hydrogen) atoms. The Bertz CT molecular complexity index is 1010. The average Bonchev–Trinajstić information content (AvgIpc) is 2.79. The molecule has 8 nitrogen and oxygen atoms in total.